The zero-order valence-electron chi connectivity index (χ0n) is 10.3. The molecule has 6 nitrogen and oxygen atoms in total. The number of amides is 1. The highest BCUT2D eigenvalue weighted by atomic mass is 16.2. The van der Waals surface area contributed by atoms with Gasteiger partial charge in [-0.05, 0) is 6.07 Å². The molecule has 1 saturated heterocycles. The van der Waals surface area contributed by atoms with Gasteiger partial charge in [0.1, 0.15) is 5.82 Å². The van der Waals surface area contributed by atoms with Gasteiger partial charge in [0.05, 0.1) is 6.04 Å². The van der Waals surface area contributed by atoms with Crippen LogP contribution in [0, 0.1) is 0 Å². The van der Waals surface area contributed by atoms with Crippen LogP contribution in [-0.2, 0) is 4.79 Å². The maximum absolute atomic E-state index is 11.4. The van der Waals surface area contributed by atoms with E-state index in [-0.39, 0.29) is 11.9 Å². The van der Waals surface area contributed by atoms with E-state index in [1.54, 1.807) is 11.1 Å². The number of aromatic nitrogens is 2. The lowest BCUT2D eigenvalue weighted by Gasteiger charge is -2.15. The zero-order valence-corrected chi connectivity index (χ0v) is 10.3. The highest BCUT2D eigenvalue weighted by Gasteiger charge is 2.26. The lowest BCUT2D eigenvalue weighted by atomic mass is 10.2. The molecular weight excluding hydrogens is 218 g/mol. The minimum atomic E-state index is 0.136. The Hall–Kier alpha value is -1.85. The molecule has 1 amide bonds. The minimum Gasteiger partial charge on any atom is -0.365 e. The van der Waals surface area contributed by atoms with Crippen molar-refractivity contribution in [3.05, 3.63) is 12.3 Å². The quantitative estimate of drug-likeness (QED) is 0.810. The third-order valence-electron chi connectivity index (χ3n) is 2.74. The summed E-state index contributed by atoms with van der Waals surface area (Å²) in [6.07, 6.45) is 2.24. The lowest BCUT2D eigenvalue weighted by molar-refractivity contribution is -0.126. The van der Waals surface area contributed by atoms with Gasteiger partial charge in [0.15, 0.2) is 0 Å². The number of nitrogens with one attached hydrogen (secondary N) is 1. The summed E-state index contributed by atoms with van der Waals surface area (Å²) < 4.78 is 0. The molecule has 17 heavy (non-hydrogen) atoms. The van der Waals surface area contributed by atoms with Gasteiger partial charge in [0.25, 0.3) is 0 Å². The second-order valence-corrected chi connectivity index (χ2v) is 4.46. The van der Waals surface area contributed by atoms with Crippen LogP contribution in [0.15, 0.2) is 12.3 Å². The van der Waals surface area contributed by atoms with E-state index in [1.165, 1.54) is 0 Å². The summed E-state index contributed by atoms with van der Waals surface area (Å²) in [5.74, 6) is 1.59. The van der Waals surface area contributed by atoms with Crippen LogP contribution >= 0.6 is 0 Å². The van der Waals surface area contributed by atoms with Gasteiger partial charge >= 0.3 is 0 Å². The van der Waals surface area contributed by atoms with E-state index in [0.717, 1.165) is 12.4 Å². The highest BCUT2D eigenvalue weighted by molar-refractivity contribution is 5.79. The molecule has 0 bridgehead atoms. The molecule has 1 fully saturated rings. The molecule has 0 spiro atoms. The molecule has 2 heterocycles. The van der Waals surface area contributed by atoms with Gasteiger partial charge in [-0.1, -0.05) is 0 Å². The summed E-state index contributed by atoms with van der Waals surface area (Å²) in [6.45, 7) is 0.722. The average Bonchev–Trinajstić information content (AvgIpc) is 2.58. The number of carbonyl (C=O) groups excluding carboxylic acids is 1. The van der Waals surface area contributed by atoms with Crippen molar-refractivity contribution in [1.29, 1.82) is 0 Å². The number of anilines is 2. The van der Waals surface area contributed by atoms with Gasteiger partial charge in [0, 0.05) is 40.3 Å². The smallest absolute Gasteiger partial charge is 0.226 e. The number of nitrogens with zero attached hydrogens (tertiary/aromatic N) is 4. The van der Waals surface area contributed by atoms with Crippen LogP contribution in [-0.4, -0.2) is 54.5 Å². The number of likely N-dealkylation sites (tertiary alicyclic amines) is 1. The topological polar surface area (TPSA) is 61.4 Å². The van der Waals surface area contributed by atoms with Gasteiger partial charge in [-0.25, -0.2) is 4.98 Å². The summed E-state index contributed by atoms with van der Waals surface area (Å²) in [7, 11) is 5.60. The van der Waals surface area contributed by atoms with E-state index in [9.17, 15) is 4.79 Å². The SMILES string of the molecule is CN1CC(Nc2ccnc(N(C)C)n2)CC1=O. The van der Waals surface area contributed by atoms with Crippen molar-refractivity contribution in [1.82, 2.24) is 14.9 Å². The Labute approximate surface area is 101 Å². The van der Waals surface area contributed by atoms with Crippen molar-refractivity contribution in [2.24, 2.45) is 0 Å². The Morgan fingerprint density at radius 1 is 1.53 bits per heavy atom. The molecule has 1 aromatic heterocycles. The number of carbonyl (C=O) groups is 1. The van der Waals surface area contributed by atoms with E-state index in [0.29, 0.717) is 12.4 Å². The van der Waals surface area contributed by atoms with Crippen molar-refractivity contribution in [3.8, 4) is 0 Å². The normalized spacial score (nSPS) is 19.6. The molecule has 1 N–H and O–H groups in total. The van der Waals surface area contributed by atoms with E-state index >= 15 is 0 Å². The maximum Gasteiger partial charge on any atom is 0.226 e. The predicted octanol–water partition coefficient (Wildman–Crippen LogP) is 0.185. The molecule has 0 saturated carbocycles. The fourth-order valence-corrected chi connectivity index (χ4v) is 1.81. The molecule has 1 aliphatic rings. The molecule has 1 aliphatic heterocycles. The van der Waals surface area contributed by atoms with Crippen LogP contribution in [0.5, 0.6) is 0 Å². The monoisotopic (exact) mass is 235 g/mol. The third kappa shape index (κ3) is 2.64. The summed E-state index contributed by atoms with van der Waals surface area (Å²) in [6, 6.07) is 1.95. The van der Waals surface area contributed by atoms with Crippen molar-refractivity contribution >= 4 is 17.7 Å². The fourth-order valence-electron chi connectivity index (χ4n) is 1.81. The van der Waals surface area contributed by atoms with E-state index in [4.69, 9.17) is 0 Å². The van der Waals surface area contributed by atoms with E-state index < -0.39 is 0 Å². The molecule has 1 unspecified atom stereocenters. The first kappa shape index (κ1) is 11.6. The van der Waals surface area contributed by atoms with Gasteiger partial charge in [-0.3, -0.25) is 4.79 Å². The standard InChI is InChI=1S/C11H17N5O/c1-15(2)11-12-5-4-9(14-11)13-8-6-10(17)16(3)7-8/h4-5,8H,6-7H2,1-3H3,(H,12,13,14). The second-order valence-electron chi connectivity index (χ2n) is 4.46. The average molecular weight is 235 g/mol. The first-order chi connectivity index (χ1) is 8.06. The first-order valence-electron chi connectivity index (χ1n) is 5.57. The summed E-state index contributed by atoms with van der Waals surface area (Å²) in [5, 5.41) is 3.26. The van der Waals surface area contributed by atoms with Gasteiger partial charge < -0.3 is 15.1 Å². The van der Waals surface area contributed by atoms with Crippen LogP contribution in [0.2, 0.25) is 0 Å². The van der Waals surface area contributed by atoms with Crippen LogP contribution in [0.3, 0.4) is 0 Å². The van der Waals surface area contributed by atoms with Gasteiger partial charge in [-0.15, -0.1) is 0 Å². The Kier molecular flexibility index (Phi) is 3.12. The van der Waals surface area contributed by atoms with E-state index in [1.807, 2.05) is 32.1 Å². The summed E-state index contributed by atoms with van der Waals surface area (Å²) in [4.78, 5) is 23.5. The largest absolute Gasteiger partial charge is 0.365 e. The number of hydrogen-bond donors (Lipinski definition) is 1. The Morgan fingerprint density at radius 3 is 2.88 bits per heavy atom. The Morgan fingerprint density at radius 2 is 2.29 bits per heavy atom. The molecule has 1 aromatic rings. The summed E-state index contributed by atoms with van der Waals surface area (Å²) >= 11 is 0. The van der Waals surface area contributed by atoms with Gasteiger partial charge in [-0.2, -0.15) is 4.98 Å². The van der Waals surface area contributed by atoms with Crippen LogP contribution in [0.1, 0.15) is 6.42 Å². The molecule has 0 radical (unpaired) electrons. The third-order valence-corrected chi connectivity index (χ3v) is 2.74. The van der Waals surface area contributed by atoms with Crippen LogP contribution < -0.4 is 10.2 Å². The van der Waals surface area contributed by atoms with Crippen molar-refractivity contribution in [2.45, 2.75) is 12.5 Å². The Bertz CT molecular complexity index is 420. The zero-order chi connectivity index (χ0) is 12.4. The number of rotatable bonds is 3. The van der Waals surface area contributed by atoms with Crippen molar-refractivity contribution in [3.63, 3.8) is 0 Å². The maximum atomic E-state index is 11.4. The van der Waals surface area contributed by atoms with Crippen molar-refractivity contribution in [2.75, 3.05) is 37.9 Å². The minimum absolute atomic E-state index is 0.136. The molecule has 6 heteroatoms. The van der Waals surface area contributed by atoms with Gasteiger partial charge in [0.2, 0.25) is 11.9 Å². The fraction of sp³-hybridized carbons (Fsp3) is 0.545. The van der Waals surface area contributed by atoms with Crippen molar-refractivity contribution < 1.29 is 4.79 Å². The highest BCUT2D eigenvalue weighted by Crippen LogP contribution is 2.15. The molecule has 92 valence electrons. The molecule has 2 rings (SSSR count). The van der Waals surface area contributed by atoms with Crippen LogP contribution in [0.4, 0.5) is 11.8 Å². The molecule has 0 aliphatic carbocycles. The Balaban J connectivity index is 2.04. The van der Waals surface area contributed by atoms with E-state index in [2.05, 4.69) is 15.3 Å². The lowest BCUT2D eigenvalue weighted by Crippen LogP contribution is -2.25. The molecule has 0 aromatic carbocycles. The van der Waals surface area contributed by atoms with Crippen LogP contribution in [0.25, 0.3) is 0 Å². The number of likely N-dealkylation sites (N-methyl/N-ethyl adjacent to an activating group) is 1. The molecule has 1 atom stereocenters. The number of hydrogen-bond acceptors (Lipinski definition) is 5. The predicted molar refractivity (Wildman–Crippen MR) is 66.0 cm³/mol. The first-order valence-corrected chi connectivity index (χ1v) is 5.57. The molecular formula is C11H17N5O. The summed E-state index contributed by atoms with van der Waals surface area (Å²) in [5.41, 5.74) is 0. The second kappa shape index (κ2) is 4.57.